The van der Waals surface area contributed by atoms with E-state index in [1.165, 1.54) is 10.6 Å². The molecule has 1 amide bonds. The van der Waals surface area contributed by atoms with E-state index >= 15 is 0 Å². The Morgan fingerprint density at radius 1 is 1.45 bits per heavy atom. The maximum Gasteiger partial charge on any atom is 0.337 e. The fourth-order valence-corrected chi connectivity index (χ4v) is 2.16. The molecule has 0 aliphatic carbocycles. The molecule has 0 spiro atoms. The van der Waals surface area contributed by atoms with Gasteiger partial charge in [-0.2, -0.15) is 0 Å². The normalized spacial score (nSPS) is 12.3. The molecule has 1 atom stereocenters. The minimum Gasteiger partial charge on any atom is -0.478 e. The number of carbonyl (C=O) groups is 2. The molecule has 7 nitrogen and oxygen atoms in total. The highest BCUT2D eigenvalue weighted by Crippen LogP contribution is 2.19. The molecule has 2 aromatic rings. The average Bonchev–Trinajstić information content (AvgIpc) is 2.73. The van der Waals surface area contributed by atoms with Gasteiger partial charge in [0.2, 0.25) is 5.91 Å². The van der Waals surface area contributed by atoms with E-state index in [0.717, 1.165) is 0 Å². The van der Waals surface area contributed by atoms with Crippen LogP contribution >= 0.6 is 0 Å². The van der Waals surface area contributed by atoms with Gasteiger partial charge in [-0.15, -0.1) is 0 Å². The van der Waals surface area contributed by atoms with Crippen LogP contribution in [0.1, 0.15) is 30.2 Å². The van der Waals surface area contributed by atoms with Crippen LogP contribution in [0.3, 0.4) is 0 Å². The molecule has 0 aliphatic heterocycles. The van der Waals surface area contributed by atoms with Crippen LogP contribution in [0.25, 0.3) is 11.0 Å². The molecule has 0 saturated carbocycles. The molecule has 0 aliphatic rings. The lowest BCUT2D eigenvalue weighted by Gasteiger charge is -2.13. The summed E-state index contributed by atoms with van der Waals surface area (Å²) >= 11 is 0. The maximum atomic E-state index is 12.0. The number of para-hydroxylation sites is 1. The third-order valence-corrected chi connectivity index (χ3v) is 3.09. The van der Waals surface area contributed by atoms with Crippen LogP contribution in [-0.4, -0.2) is 33.1 Å². The predicted molar refractivity (Wildman–Crippen MR) is 72.9 cm³/mol. The standard InChI is InChI=1S/C13H15N3O4/c1-3-14-11(17)7(2)16-10-8(12(18)19)5-4-6-9(10)15-13(16)20/h4-7H,3H2,1-2H3,(H,14,17)(H,15,20)(H,18,19). The second-order valence-electron chi connectivity index (χ2n) is 4.38. The summed E-state index contributed by atoms with van der Waals surface area (Å²) in [4.78, 5) is 37.7. The minimum atomic E-state index is -1.15. The van der Waals surface area contributed by atoms with Gasteiger partial charge in [-0.05, 0) is 26.0 Å². The molecule has 20 heavy (non-hydrogen) atoms. The second kappa shape index (κ2) is 5.20. The van der Waals surface area contributed by atoms with Crippen molar-refractivity contribution in [2.75, 3.05) is 6.54 Å². The summed E-state index contributed by atoms with van der Waals surface area (Å²) in [5.41, 5.74) is 0.0965. The van der Waals surface area contributed by atoms with Crippen molar-refractivity contribution in [3.63, 3.8) is 0 Å². The molecule has 2 rings (SSSR count). The summed E-state index contributed by atoms with van der Waals surface area (Å²) in [6.45, 7) is 3.76. The van der Waals surface area contributed by atoms with E-state index in [-0.39, 0.29) is 17.0 Å². The highest BCUT2D eigenvalue weighted by atomic mass is 16.4. The van der Waals surface area contributed by atoms with Crippen molar-refractivity contribution in [1.82, 2.24) is 14.9 Å². The Bertz CT molecular complexity index is 729. The Morgan fingerprint density at radius 3 is 2.75 bits per heavy atom. The van der Waals surface area contributed by atoms with Gasteiger partial charge in [-0.3, -0.25) is 9.36 Å². The van der Waals surface area contributed by atoms with Gasteiger partial charge in [0.15, 0.2) is 0 Å². The van der Waals surface area contributed by atoms with Gasteiger partial charge in [0.05, 0.1) is 16.6 Å². The first-order chi connectivity index (χ1) is 9.47. The number of nitrogens with zero attached hydrogens (tertiary/aromatic N) is 1. The van der Waals surface area contributed by atoms with Crippen LogP contribution in [0.4, 0.5) is 0 Å². The van der Waals surface area contributed by atoms with Gasteiger partial charge in [0, 0.05) is 6.54 Å². The van der Waals surface area contributed by atoms with Gasteiger partial charge in [-0.25, -0.2) is 9.59 Å². The molecule has 1 aromatic heterocycles. The second-order valence-corrected chi connectivity index (χ2v) is 4.38. The van der Waals surface area contributed by atoms with E-state index in [1.54, 1.807) is 26.0 Å². The molecule has 1 heterocycles. The highest BCUT2D eigenvalue weighted by Gasteiger charge is 2.22. The van der Waals surface area contributed by atoms with Crippen molar-refractivity contribution in [2.24, 2.45) is 0 Å². The first kappa shape index (κ1) is 13.9. The molecule has 1 aromatic carbocycles. The Hall–Kier alpha value is -2.57. The third kappa shape index (κ3) is 2.18. The van der Waals surface area contributed by atoms with E-state index in [1.807, 2.05) is 0 Å². The van der Waals surface area contributed by atoms with Crippen LogP contribution in [0, 0.1) is 0 Å². The minimum absolute atomic E-state index is 0.0167. The van der Waals surface area contributed by atoms with Crippen molar-refractivity contribution >= 4 is 22.9 Å². The number of amides is 1. The van der Waals surface area contributed by atoms with E-state index < -0.39 is 17.7 Å². The molecule has 0 saturated heterocycles. The van der Waals surface area contributed by atoms with Crippen molar-refractivity contribution in [1.29, 1.82) is 0 Å². The topological polar surface area (TPSA) is 104 Å². The molecule has 106 valence electrons. The molecular formula is C13H15N3O4. The summed E-state index contributed by atoms with van der Waals surface area (Å²) in [6, 6.07) is 3.75. The maximum absolute atomic E-state index is 12.0. The lowest BCUT2D eigenvalue weighted by atomic mass is 10.1. The first-order valence-corrected chi connectivity index (χ1v) is 6.21. The van der Waals surface area contributed by atoms with Gasteiger partial charge < -0.3 is 15.4 Å². The Balaban J connectivity index is 2.69. The van der Waals surface area contributed by atoms with Crippen LogP contribution in [0.2, 0.25) is 0 Å². The van der Waals surface area contributed by atoms with Gasteiger partial charge in [-0.1, -0.05) is 6.07 Å². The van der Waals surface area contributed by atoms with Crippen molar-refractivity contribution in [3.8, 4) is 0 Å². The van der Waals surface area contributed by atoms with Crippen LogP contribution < -0.4 is 11.0 Å². The monoisotopic (exact) mass is 277 g/mol. The number of benzene rings is 1. The number of aromatic carboxylic acids is 1. The van der Waals surface area contributed by atoms with Crippen molar-refractivity contribution in [3.05, 3.63) is 34.2 Å². The van der Waals surface area contributed by atoms with E-state index in [9.17, 15) is 19.5 Å². The predicted octanol–water partition coefficient (Wildman–Crippen LogP) is 0.725. The number of carboxylic acids is 1. The van der Waals surface area contributed by atoms with Crippen LogP contribution in [0.5, 0.6) is 0 Å². The van der Waals surface area contributed by atoms with Crippen molar-refractivity contribution < 1.29 is 14.7 Å². The zero-order valence-electron chi connectivity index (χ0n) is 11.1. The van der Waals surface area contributed by atoms with Gasteiger partial charge in [0.25, 0.3) is 0 Å². The van der Waals surface area contributed by atoms with E-state index in [2.05, 4.69) is 10.3 Å². The number of likely N-dealkylation sites (N-methyl/N-ethyl adjacent to an activating group) is 1. The fourth-order valence-electron chi connectivity index (χ4n) is 2.16. The summed E-state index contributed by atoms with van der Waals surface area (Å²) in [5, 5.41) is 11.8. The molecule has 0 bridgehead atoms. The summed E-state index contributed by atoms with van der Waals surface area (Å²) in [6.07, 6.45) is 0. The molecule has 0 fully saturated rings. The summed E-state index contributed by atoms with van der Waals surface area (Å²) < 4.78 is 1.17. The van der Waals surface area contributed by atoms with Crippen LogP contribution in [-0.2, 0) is 4.79 Å². The number of rotatable bonds is 4. The molecule has 7 heteroatoms. The van der Waals surface area contributed by atoms with Crippen LogP contribution in [0.15, 0.2) is 23.0 Å². The van der Waals surface area contributed by atoms with E-state index in [4.69, 9.17) is 0 Å². The molecular weight excluding hydrogens is 262 g/mol. The smallest absolute Gasteiger partial charge is 0.337 e. The third-order valence-electron chi connectivity index (χ3n) is 3.09. The average molecular weight is 277 g/mol. The Morgan fingerprint density at radius 2 is 2.15 bits per heavy atom. The largest absolute Gasteiger partial charge is 0.478 e. The molecule has 1 unspecified atom stereocenters. The zero-order valence-corrected chi connectivity index (χ0v) is 11.1. The number of aromatic amines is 1. The van der Waals surface area contributed by atoms with Gasteiger partial charge in [0.1, 0.15) is 6.04 Å². The number of hydrogen-bond donors (Lipinski definition) is 3. The van der Waals surface area contributed by atoms with Gasteiger partial charge >= 0.3 is 11.7 Å². The number of H-pyrrole nitrogens is 1. The lowest BCUT2D eigenvalue weighted by Crippen LogP contribution is -2.35. The summed E-state index contributed by atoms with van der Waals surface area (Å²) in [5.74, 6) is -1.48. The van der Waals surface area contributed by atoms with Crippen molar-refractivity contribution in [2.45, 2.75) is 19.9 Å². The summed E-state index contributed by atoms with van der Waals surface area (Å²) in [7, 11) is 0. The Kier molecular flexibility index (Phi) is 3.60. The number of carbonyl (C=O) groups excluding carboxylic acids is 1. The number of carboxylic acid groups (broad SMARTS) is 1. The highest BCUT2D eigenvalue weighted by molar-refractivity contribution is 6.01. The Labute approximate surface area is 114 Å². The lowest BCUT2D eigenvalue weighted by molar-refractivity contribution is -0.123. The number of fused-ring (bicyclic) bond motifs is 1. The fraction of sp³-hybridized carbons (Fsp3) is 0.308. The SMILES string of the molecule is CCNC(=O)C(C)n1c(=O)[nH]c2cccc(C(=O)O)c21. The number of imidazole rings is 1. The zero-order chi connectivity index (χ0) is 14.9. The molecule has 0 radical (unpaired) electrons. The first-order valence-electron chi connectivity index (χ1n) is 6.21. The number of hydrogen-bond acceptors (Lipinski definition) is 3. The molecule has 3 N–H and O–H groups in total. The number of aromatic nitrogens is 2. The van der Waals surface area contributed by atoms with E-state index in [0.29, 0.717) is 12.1 Å². The number of nitrogens with one attached hydrogen (secondary N) is 2. The quantitative estimate of drug-likeness (QED) is 0.766.